The van der Waals surface area contributed by atoms with Gasteiger partial charge in [0.15, 0.2) is 5.60 Å². The molecule has 0 saturated carbocycles. The van der Waals surface area contributed by atoms with E-state index >= 15 is 0 Å². The highest BCUT2D eigenvalue weighted by molar-refractivity contribution is 6.91. The summed E-state index contributed by atoms with van der Waals surface area (Å²) in [6.45, 7) is 15.2. The van der Waals surface area contributed by atoms with Crippen molar-refractivity contribution < 1.29 is 24.2 Å². The topological polar surface area (TPSA) is 100 Å². The molecule has 3 aliphatic rings. The van der Waals surface area contributed by atoms with Crippen LogP contribution in [-0.2, 0) is 19.9 Å². The molecule has 3 heterocycles. The van der Waals surface area contributed by atoms with Crippen LogP contribution >= 0.6 is 0 Å². The van der Waals surface area contributed by atoms with Crippen LogP contribution in [0.3, 0.4) is 0 Å². The van der Waals surface area contributed by atoms with Crippen molar-refractivity contribution in [2.24, 2.45) is 11.8 Å². The number of aliphatic hydroxyl groups is 1. The van der Waals surface area contributed by atoms with Gasteiger partial charge in [-0.3, -0.25) is 9.59 Å². The SMILES string of the molecule is COc1ccc([Si](C)(C)[C@H]2[C@H](CCO)O[C@@]3(C(=O)N(C/C=C(\C)CCC=C(C)C)c4ccc(NC(=O)C5CCCNC5)cc43)[C@@H]2C)cc1. The van der Waals surface area contributed by atoms with Crippen molar-refractivity contribution in [3.63, 3.8) is 0 Å². The van der Waals surface area contributed by atoms with Crippen molar-refractivity contribution >= 4 is 36.4 Å². The molecule has 0 aliphatic carbocycles. The molecule has 2 amide bonds. The first-order valence-corrected chi connectivity index (χ1v) is 20.7. The summed E-state index contributed by atoms with van der Waals surface area (Å²) in [5.74, 6) is 0.473. The summed E-state index contributed by atoms with van der Waals surface area (Å²) >= 11 is 0. The van der Waals surface area contributed by atoms with E-state index in [0.717, 1.165) is 49.2 Å². The summed E-state index contributed by atoms with van der Waals surface area (Å²) in [6.07, 6.45) is 8.27. The van der Waals surface area contributed by atoms with Gasteiger partial charge >= 0.3 is 0 Å². The largest absolute Gasteiger partial charge is 0.497 e. The molecule has 3 aliphatic heterocycles. The standard InChI is InChI=1S/C39H55N3O5Si/c1-26(2)10-8-11-27(3)19-22-42-34-18-13-30(41-37(44)29-12-9-21-40-25-29)24-33(34)39(38(42)45)28(4)36(35(47-39)20-23-43)48(6,7)32-16-14-31(46-5)15-17-32/h10,13-19,24,28-29,35-36,40,43H,8-9,11-12,20-23,25H2,1-7H3,(H,41,44)/b27-19+/t28-,29?,35+,36-,39+/m1/s1. The molecule has 2 aromatic carbocycles. The lowest BCUT2D eigenvalue weighted by molar-refractivity contribution is -0.146. The summed E-state index contributed by atoms with van der Waals surface area (Å²) < 4.78 is 12.5. The minimum atomic E-state index is -2.29. The predicted octanol–water partition coefficient (Wildman–Crippen LogP) is 6.27. The number of anilines is 2. The van der Waals surface area contributed by atoms with E-state index in [1.165, 1.54) is 16.3 Å². The zero-order valence-electron chi connectivity index (χ0n) is 29.9. The summed E-state index contributed by atoms with van der Waals surface area (Å²) in [6, 6.07) is 14.2. The third-order valence-corrected chi connectivity index (χ3v) is 15.3. The van der Waals surface area contributed by atoms with Crippen LogP contribution in [0, 0.1) is 11.8 Å². The Bertz CT molecular complexity index is 1530. The number of fused-ring (bicyclic) bond motifs is 2. The van der Waals surface area contributed by atoms with Gasteiger partial charge in [0.1, 0.15) is 5.75 Å². The summed E-state index contributed by atoms with van der Waals surface area (Å²) in [4.78, 5) is 30.1. The molecule has 3 N–H and O–H groups in total. The highest BCUT2D eigenvalue weighted by atomic mass is 28.3. The number of carbonyl (C=O) groups excluding carboxylic acids is 2. The lowest BCUT2D eigenvalue weighted by atomic mass is 9.82. The van der Waals surface area contributed by atoms with E-state index in [9.17, 15) is 14.7 Å². The molecule has 260 valence electrons. The zero-order chi connectivity index (χ0) is 34.6. The lowest BCUT2D eigenvalue weighted by Gasteiger charge is -2.37. The molecule has 2 aromatic rings. The first-order chi connectivity index (χ1) is 22.9. The van der Waals surface area contributed by atoms with Crippen molar-refractivity contribution in [2.75, 3.05) is 43.6 Å². The van der Waals surface area contributed by atoms with E-state index in [2.05, 4.69) is 75.7 Å². The van der Waals surface area contributed by atoms with Crippen LogP contribution < -0.4 is 25.5 Å². The number of hydrogen-bond donors (Lipinski definition) is 3. The van der Waals surface area contributed by atoms with Gasteiger partial charge in [-0.15, -0.1) is 0 Å². The maximum atomic E-state index is 14.9. The van der Waals surface area contributed by atoms with Gasteiger partial charge in [-0.25, -0.2) is 0 Å². The van der Waals surface area contributed by atoms with E-state index in [1.807, 2.05) is 35.2 Å². The molecule has 0 bridgehead atoms. The van der Waals surface area contributed by atoms with Gasteiger partial charge in [0.05, 0.1) is 32.9 Å². The Morgan fingerprint density at radius 2 is 1.92 bits per heavy atom. The maximum Gasteiger partial charge on any atom is 0.264 e. The number of nitrogens with one attached hydrogen (secondary N) is 2. The van der Waals surface area contributed by atoms with Gasteiger partial charge in [0.25, 0.3) is 5.91 Å². The molecule has 5 atom stereocenters. The van der Waals surface area contributed by atoms with Gasteiger partial charge in [-0.2, -0.15) is 0 Å². The minimum absolute atomic E-state index is 0.00299. The molecule has 2 fully saturated rings. The zero-order valence-corrected chi connectivity index (χ0v) is 30.9. The number of ether oxygens (including phenoxy) is 2. The summed E-state index contributed by atoms with van der Waals surface area (Å²) in [5, 5.41) is 18.0. The van der Waals surface area contributed by atoms with E-state index in [4.69, 9.17) is 9.47 Å². The van der Waals surface area contributed by atoms with E-state index in [1.54, 1.807) is 7.11 Å². The molecule has 48 heavy (non-hydrogen) atoms. The fourth-order valence-electron chi connectivity index (χ4n) is 8.23. The molecule has 1 spiro atoms. The number of nitrogens with zero attached hydrogens (tertiary/aromatic N) is 1. The first kappa shape index (κ1) is 36.0. The Kier molecular flexibility index (Phi) is 11.3. The summed E-state index contributed by atoms with van der Waals surface area (Å²) in [5.41, 5.74) is 3.66. The van der Waals surface area contributed by atoms with Crippen LogP contribution in [0.5, 0.6) is 5.75 Å². The normalized spacial score (nSPS) is 25.7. The highest BCUT2D eigenvalue weighted by Crippen LogP contribution is 2.60. The molecular formula is C39H55N3O5Si. The number of rotatable bonds is 12. The molecule has 0 aromatic heterocycles. The molecule has 8 nitrogen and oxygen atoms in total. The number of hydrogen-bond acceptors (Lipinski definition) is 6. The Morgan fingerprint density at radius 1 is 1.17 bits per heavy atom. The number of methoxy groups -OCH3 is 1. The van der Waals surface area contributed by atoms with Gasteiger partial charge in [0.2, 0.25) is 5.91 Å². The summed E-state index contributed by atoms with van der Waals surface area (Å²) in [7, 11) is -0.622. The van der Waals surface area contributed by atoms with Crippen LogP contribution in [0.25, 0.3) is 0 Å². The molecule has 2 saturated heterocycles. The Morgan fingerprint density at radius 3 is 2.56 bits per heavy atom. The first-order valence-electron chi connectivity index (χ1n) is 17.6. The molecule has 9 heteroatoms. The second-order valence-electron chi connectivity index (χ2n) is 14.7. The predicted molar refractivity (Wildman–Crippen MR) is 197 cm³/mol. The number of piperidine rings is 1. The van der Waals surface area contributed by atoms with Gasteiger partial charge in [-0.05, 0) is 95.3 Å². The van der Waals surface area contributed by atoms with Crippen molar-refractivity contribution in [3.05, 3.63) is 71.3 Å². The average Bonchev–Trinajstić information content (AvgIpc) is 3.50. The van der Waals surface area contributed by atoms with Gasteiger partial charge < -0.3 is 30.1 Å². The van der Waals surface area contributed by atoms with Crippen molar-refractivity contribution in [1.29, 1.82) is 0 Å². The number of carbonyl (C=O) groups is 2. The van der Waals surface area contributed by atoms with Crippen LogP contribution in [-0.4, -0.2) is 64.4 Å². The second kappa shape index (κ2) is 15.1. The van der Waals surface area contributed by atoms with Crippen LogP contribution in [0.4, 0.5) is 11.4 Å². The van der Waals surface area contributed by atoms with Crippen LogP contribution in [0.15, 0.2) is 65.8 Å². The third-order valence-electron chi connectivity index (χ3n) is 10.9. The van der Waals surface area contributed by atoms with Crippen LogP contribution in [0.2, 0.25) is 18.6 Å². The fraction of sp³-hybridized carbons (Fsp3) is 0.538. The lowest BCUT2D eigenvalue weighted by Crippen LogP contribution is -2.52. The van der Waals surface area contributed by atoms with E-state index < -0.39 is 13.7 Å². The Balaban J connectivity index is 1.55. The minimum Gasteiger partial charge on any atom is -0.497 e. The monoisotopic (exact) mass is 673 g/mol. The maximum absolute atomic E-state index is 14.9. The third kappa shape index (κ3) is 7.06. The number of aliphatic hydroxyl groups excluding tert-OH is 1. The smallest absolute Gasteiger partial charge is 0.264 e. The Hall–Kier alpha value is -3.24. The fourth-order valence-corrected chi connectivity index (χ4v) is 12.3. The Labute approximate surface area is 288 Å². The van der Waals surface area contributed by atoms with Crippen molar-refractivity contribution in [1.82, 2.24) is 5.32 Å². The number of amides is 2. The number of benzene rings is 2. The van der Waals surface area contributed by atoms with Crippen LogP contribution in [0.1, 0.15) is 65.4 Å². The highest BCUT2D eigenvalue weighted by Gasteiger charge is 2.66. The van der Waals surface area contributed by atoms with Gasteiger partial charge in [-0.1, -0.05) is 60.6 Å². The van der Waals surface area contributed by atoms with Gasteiger partial charge in [0, 0.05) is 36.9 Å². The molecule has 0 radical (unpaired) electrons. The molecule has 5 rings (SSSR count). The van der Waals surface area contributed by atoms with Crippen molar-refractivity contribution in [2.45, 2.75) is 90.1 Å². The quantitative estimate of drug-likeness (QED) is 0.182. The van der Waals surface area contributed by atoms with E-state index in [-0.39, 0.29) is 41.9 Å². The number of allylic oxidation sites excluding steroid dienone is 3. The van der Waals surface area contributed by atoms with E-state index in [0.29, 0.717) is 25.2 Å². The van der Waals surface area contributed by atoms with Crippen molar-refractivity contribution in [3.8, 4) is 5.75 Å². The molecule has 1 unspecified atom stereocenters. The second-order valence-corrected chi connectivity index (χ2v) is 19.4. The molecular weight excluding hydrogens is 619 g/mol. The average molecular weight is 674 g/mol.